The molecule has 0 fully saturated rings. The SMILES string of the molecule is COc1cc(-c2cncc(N[C@@H](C)c3ccc(C)cc3)n2)ccc1O. The molecule has 5 heteroatoms. The Morgan fingerprint density at radius 2 is 1.84 bits per heavy atom. The number of methoxy groups -OCH3 is 1. The molecule has 0 amide bonds. The van der Waals surface area contributed by atoms with Crippen molar-refractivity contribution < 1.29 is 9.84 Å². The first-order valence-electron chi connectivity index (χ1n) is 8.09. The van der Waals surface area contributed by atoms with E-state index in [0.717, 1.165) is 5.56 Å². The number of aromatic nitrogens is 2. The lowest BCUT2D eigenvalue weighted by molar-refractivity contribution is 0.373. The van der Waals surface area contributed by atoms with Crippen molar-refractivity contribution in [3.8, 4) is 22.8 Å². The van der Waals surface area contributed by atoms with Crippen molar-refractivity contribution in [3.63, 3.8) is 0 Å². The second-order valence-electron chi connectivity index (χ2n) is 5.95. The molecular formula is C20H21N3O2. The lowest BCUT2D eigenvalue weighted by Gasteiger charge is -2.15. The van der Waals surface area contributed by atoms with Gasteiger partial charge in [0.15, 0.2) is 11.5 Å². The van der Waals surface area contributed by atoms with Crippen molar-refractivity contribution in [2.45, 2.75) is 19.9 Å². The predicted octanol–water partition coefficient (Wildman–Crippen LogP) is 4.34. The molecule has 0 spiro atoms. The molecule has 3 rings (SSSR count). The van der Waals surface area contributed by atoms with Crippen molar-refractivity contribution >= 4 is 5.82 Å². The molecule has 0 aliphatic carbocycles. The summed E-state index contributed by atoms with van der Waals surface area (Å²) in [5.41, 5.74) is 3.95. The van der Waals surface area contributed by atoms with E-state index < -0.39 is 0 Å². The van der Waals surface area contributed by atoms with Crippen LogP contribution in [-0.2, 0) is 0 Å². The molecule has 1 aromatic heterocycles. The van der Waals surface area contributed by atoms with Gasteiger partial charge in [-0.3, -0.25) is 4.98 Å². The fourth-order valence-corrected chi connectivity index (χ4v) is 2.57. The normalized spacial score (nSPS) is 11.8. The standard InChI is InChI=1S/C20H21N3O2/c1-13-4-6-15(7-5-13)14(2)22-20-12-21-11-17(23-20)16-8-9-18(24)19(10-16)25-3/h4-12,14,24H,1-3H3,(H,22,23)/t14-/m0/s1. The van der Waals surface area contributed by atoms with Crippen LogP contribution in [0.5, 0.6) is 11.5 Å². The maximum absolute atomic E-state index is 9.73. The maximum atomic E-state index is 9.73. The average Bonchev–Trinajstić information content (AvgIpc) is 2.63. The van der Waals surface area contributed by atoms with Crippen LogP contribution in [0.3, 0.4) is 0 Å². The van der Waals surface area contributed by atoms with Crippen LogP contribution in [0.15, 0.2) is 54.9 Å². The van der Waals surface area contributed by atoms with E-state index in [-0.39, 0.29) is 11.8 Å². The van der Waals surface area contributed by atoms with Crippen molar-refractivity contribution in [1.82, 2.24) is 9.97 Å². The third kappa shape index (κ3) is 3.88. The van der Waals surface area contributed by atoms with E-state index in [2.05, 4.69) is 53.4 Å². The Kier molecular flexibility index (Phi) is 4.84. The Morgan fingerprint density at radius 3 is 2.56 bits per heavy atom. The molecule has 2 N–H and O–H groups in total. The molecule has 0 aliphatic rings. The minimum absolute atomic E-state index is 0.0986. The Bertz CT molecular complexity index is 863. The van der Waals surface area contributed by atoms with Crippen LogP contribution in [0.1, 0.15) is 24.1 Å². The Balaban J connectivity index is 1.83. The number of aryl methyl sites for hydroxylation is 1. The number of nitrogens with one attached hydrogen (secondary N) is 1. The monoisotopic (exact) mass is 335 g/mol. The summed E-state index contributed by atoms with van der Waals surface area (Å²) in [6.07, 6.45) is 3.39. The minimum atomic E-state index is 0.0986. The van der Waals surface area contributed by atoms with Gasteiger partial charge in [0.2, 0.25) is 0 Å². The zero-order valence-electron chi connectivity index (χ0n) is 14.5. The van der Waals surface area contributed by atoms with Crippen LogP contribution in [0, 0.1) is 6.92 Å². The third-order valence-corrected chi connectivity index (χ3v) is 4.05. The summed E-state index contributed by atoms with van der Waals surface area (Å²) in [6, 6.07) is 13.6. The smallest absolute Gasteiger partial charge is 0.161 e. The summed E-state index contributed by atoms with van der Waals surface area (Å²) in [5.74, 6) is 1.20. The number of rotatable bonds is 5. The van der Waals surface area contributed by atoms with Crippen LogP contribution in [0.4, 0.5) is 5.82 Å². The summed E-state index contributed by atoms with van der Waals surface area (Å²) in [4.78, 5) is 8.89. The lowest BCUT2D eigenvalue weighted by atomic mass is 10.1. The summed E-state index contributed by atoms with van der Waals surface area (Å²) in [6.45, 7) is 4.16. The van der Waals surface area contributed by atoms with Crippen molar-refractivity contribution in [2.75, 3.05) is 12.4 Å². The van der Waals surface area contributed by atoms with Gasteiger partial charge in [0.25, 0.3) is 0 Å². The first kappa shape index (κ1) is 16.8. The van der Waals surface area contributed by atoms with Crippen molar-refractivity contribution in [2.24, 2.45) is 0 Å². The average molecular weight is 335 g/mol. The highest BCUT2D eigenvalue weighted by atomic mass is 16.5. The van der Waals surface area contributed by atoms with Crippen LogP contribution in [0.25, 0.3) is 11.3 Å². The lowest BCUT2D eigenvalue weighted by Crippen LogP contribution is -2.08. The number of hydrogen-bond donors (Lipinski definition) is 2. The quantitative estimate of drug-likeness (QED) is 0.726. The zero-order chi connectivity index (χ0) is 17.8. The summed E-state index contributed by atoms with van der Waals surface area (Å²) >= 11 is 0. The highest BCUT2D eigenvalue weighted by Gasteiger charge is 2.09. The van der Waals surface area contributed by atoms with Gasteiger partial charge in [0.1, 0.15) is 5.82 Å². The summed E-state index contributed by atoms with van der Waals surface area (Å²) < 4.78 is 5.16. The van der Waals surface area contributed by atoms with Crippen LogP contribution >= 0.6 is 0 Å². The first-order chi connectivity index (χ1) is 12.1. The molecular weight excluding hydrogens is 314 g/mol. The van der Waals surface area contributed by atoms with E-state index in [0.29, 0.717) is 17.3 Å². The topological polar surface area (TPSA) is 67.3 Å². The van der Waals surface area contributed by atoms with E-state index in [1.165, 1.54) is 18.2 Å². The number of nitrogens with zero attached hydrogens (tertiary/aromatic N) is 2. The van der Waals surface area contributed by atoms with Gasteiger partial charge in [-0.2, -0.15) is 0 Å². The van der Waals surface area contributed by atoms with Gasteiger partial charge in [-0.1, -0.05) is 29.8 Å². The number of ether oxygens (including phenoxy) is 1. The number of phenols is 1. The number of aromatic hydroxyl groups is 1. The highest BCUT2D eigenvalue weighted by Crippen LogP contribution is 2.31. The van der Waals surface area contributed by atoms with Gasteiger partial charge >= 0.3 is 0 Å². The fourth-order valence-electron chi connectivity index (χ4n) is 2.57. The number of benzene rings is 2. The van der Waals surface area contributed by atoms with Crippen LogP contribution < -0.4 is 10.1 Å². The molecule has 0 saturated heterocycles. The molecule has 1 atom stereocenters. The van der Waals surface area contributed by atoms with Crippen molar-refractivity contribution in [1.29, 1.82) is 0 Å². The van der Waals surface area contributed by atoms with Crippen LogP contribution in [-0.4, -0.2) is 22.2 Å². The Labute approximate surface area is 147 Å². The minimum Gasteiger partial charge on any atom is -0.504 e. The largest absolute Gasteiger partial charge is 0.504 e. The third-order valence-electron chi connectivity index (χ3n) is 4.05. The molecule has 0 unspecified atom stereocenters. The Morgan fingerprint density at radius 1 is 1.08 bits per heavy atom. The van der Waals surface area contributed by atoms with E-state index in [1.54, 1.807) is 30.6 Å². The predicted molar refractivity (Wildman–Crippen MR) is 98.9 cm³/mol. The molecule has 0 radical (unpaired) electrons. The van der Waals surface area contributed by atoms with Crippen LogP contribution in [0.2, 0.25) is 0 Å². The Hall–Kier alpha value is -3.08. The molecule has 1 heterocycles. The molecule has 3 aromatic rings. The zero-order valence-corrected chi connectivity index (χ0v) is 14.5. The summed E-state index contributed by atoms with van der Waals surface area (Å²) in [5, 5.41) is 13.1. The van der Waals surface area contributed by atoms with E-state index >= 15 is 0 Å². The van der Waals surface area contributed by atoms with Gasteiger partial charge in [0, 0.05) is 11.6 Å². The van der Waals surface area contributed by atoms with Gasteiger partial charge in [0.05, 0.1) is 25.2 Å². The molecule has 0 bridgehead atoms. The number of phenolic OH excluding ortho intramolecular Hbond substituents is 1. The van der Waals surface area contributed by atoms with Gasteiger partial charge in [-0.05, 0) is 37.6 Å². The van der Waals surface area contributed by atoms with Gasteiger partial charge in [-0.15, -0.1) is 0 Å². The van der Waals surface area contributed by atoms with Gasteiger partial charge in [-0.25, -0.2) is 4.98 Å². The van der Waals surface area contributed by atoms with E-state index in [9.17, 15) is 5.11 Å². The number of hydrogen-bond acceptors (Lipinski definition) is 5. The molecule has 2 aromatic carbocycles. The summed E-state index contributed by atoms with van der Waals surface area (Å²) in [7, 11) is 1.52. The molecule has 25 heavy (non-hydrogen) atoms. The second kappa shape index (κ2) is 7.21. The van der Waals surface area contributed by atoms with Gasteiger partial charge < -0.3 is 15.2 Å². The highest BCUT2D eigenvalue weighted by molar-refractivity contribution is 5.64. The maximum Gasteiger partial charge on any atom is 0.161 e. The molecule has 0 aliphatic heterocycles. The number of anilines is 1. The second-order valence-corrected chi connectivity index (χ2v) is 5.95. The van der Waals surface area contributed by atoms with Crippen molar-refractivity contribution in [3.05, 3.63) is 66.0 Å². The first-order valence-corrected chi connectivity index (χ1v) is 8.09. The van der Waals surface area contributed by atoms with E-state index in [1.807, 2.05) is 0 Å². The molecule has 128 valence electrons. The molecule has 0 saturated carbocycles. The molecule has 5 nitrogen and oxygen atoms in total. The fraction of sp³-hybridized carbons (Fsp3) is 0.200. The van der Waals surface area contributed by atoms with E-state index in [4.69, 9.17) is 4.74 Å².